The van der Waals surface area contributed by atoms with Crippen molar-refractivity contribution in [3.8, 4) is 0 Å². The van der Waals surface area contributed by atoms with Crippen molar-refractivity contribution < 1.29 is 8.78 Å². The van der Waals surface area contributed by atoms with Gasteiger partial charge in [0.05, 0.1) is 0 Å². The van der Waals surface area contributed by atoms with Gasteiger partial charge in [0.2, 0.25) is 0 Å². The number of nitrogens with two attached hydrogens (primary N) is 1. The molecule has 0 unspecified atom stereocenters. The third-order valence-electron chi connectivity index (χ3n) is 2.63. The van der Waals surface area contributed by atoms with Crippen LogP contribution < -0.4 is 5.73 Å². The Labute approximate surface area is 101 Å². The Balaban J connectivity index is 2.64. The molecule has 0 spiro atoms. The van der Waals surface area contributed by atoms with Gasteiger partial charge in [0.1, 0.15) is 11.6 Å². The summed E-state index contributed by atoms with van der Waals surface area (Å²) < 4.78 is 26.2. The summed E-state index contributed by atoms with van der Waals surface area (Å²) in [7, 11) is 0. The monoisotopic (exact) mass is 242 g/mol. The Morgan fingerprint density at radius 2 is 2.00 bits per heavy atom. The van der Waals surface area contributed by atoms with E-state index in [1.807, 2.05) is 0 Å². The van der Waals surface area contributed by atoms with Crippen LogP contribution in [0, 0.1) is 11.6 Å². The van der Waals surface area contributed by atoms with E-state index in [0.29, 0.717) is 18.7 Å². The highest BCUT2D eigenvalue weighted by atomic mass is 19.1. The zero-order valence-electron chi connectivity index (χ0n) is 10.3. The maximum Gasteiger partial charge on any atom is 0.130 e. The highest BCUT2D eigenvalue weighted by Gasteiger charge is 2.09. The predicted molar refractivity (Wildman–Crippen MR) is 65.6 cm³/mol. The van der Waals surface area contributed by atoms with E-state index in [-0.39, 0.29) is 0 Å². The summed E-state index contributed by atoms with van der Waals surface area (Å²) in [5, 5.41) is 0. The fourth-order valence-corrected chi connectivity index (χ4v) is 1.79. The second-order valence-electron chi connectivity index (χ2n) is 4.15. The molecular weight excluding hydrogens is 222 g/mol. The second kappa shape index (κ2) is 7.35. The fourth-order valence-electron chi connectivity index (χ4n) is 1.79. The van der Waals surface area contributed by atoms with Gasteiger partial charge in [0.15, 0.2) is 0 Å². The molecule has 1 aromatic rings. The normalized spacial score (nSPS) is 11.1. The molecule has 2 nitrogen and oxygen atoms in total. The SMILES string of the molecule is CCCN(CCCN)Cc1ccc(F)cc1F. The molecule has 1 rings (SSSR count). The average molecular weight is 242 g/mol. The van der Waals surface area contributed by atoms with Gasteiger partial charge < -0.3 is 5.73 Å². The van der Waals surface area contributed by atoms with Gasteiger partial charge in [-0.05, 0) is 38.5 Å². The average Bonchev–Trinajstić information content (AvgIpc) is 2.29. The summed E-state index contributed by atoms with van der Waals surface area (Å²) in [5.74, 6) is -1.01. The molecule has 0 amide bonds. The first-order valence-electron chi connectivity index (χ1n) is 6.03. The van der Waals surface area contributed by atoms with Crippen LogP contribution in [0.3, 0.4) is 0 Å². The number of nitrogens with zero attached hydrogens (tertiary/aromatic N) is 1. The van der Waals surface area contributed by atoms with Crippen LogP contribution in [0.4, 0.5) is 8.78 Å². The minimum Gasteiger partial charge on any atom is -0.330 e. The Hall–Kier alpha value is -1.00. The molecule has 0 radical (unpaired) electrons. The zero-order chi connectivity index (χ0) is 12.7. The lowest BCUT2D eigenvalue weighted by Gasteiger charge is -2.21. The number of benzene rings is 1. The smallest absolute Gasteiger partial charge is 0.130 e. The number of hydrogen-bond acceptors (Lipinski definition) is 2. The molecule has 0 atom stereocenters. The molecule has 0 aliphatic heterocycles. The van der Waals surface area contributed by atoms with Crippen LogP contribution in [0.5, 0.6) is 0 Å². The van der Waals surface area contributed by atoms with E-state index in [9.17, 15) is 8.78 Å². The molecule has 0 heterocycles. The van der Waals surface area contributed by atoms with Crippen LogP contribution in [0.15, 0.2) is 18.2 Å². The molecule has 96 valence electrons. The van der Waals surface area contributed by atoms with Gasteiger partial charge >= 0.3 is 0 Å². The van der Waals surface area contributed by atoms with Crippen LogP contribution in [0.2, 0.25) is 0 Å². The zero-order valence-corrected chi connectivity index (χ0v) is 10.3. The minimum atomic E-state index is -0.532. The molecule has 0 saturated carbocycles. The van der Waals surface area contributed by atoms with E-state index in [1.54, 1.807) is 0 Å². The number of hydrogen-bond donors (Lipinski definition) is 1. The van der Waals surface area contributed by atoms with Crippen LogP contribution >= 0.6 is 0 Å². The maximum atomic E-state index is 13.5. The van der Waals surface area contributed by atoms with Crippen molar-refractivity contribution in [3.63, 3.8) is 0 Å². The van der Waals surface area contributed by atoms with E-state index in [2.05, 4.69) is 11.8 Å². The third kappa shape index (κ3) is 4.79. The largest absolute Gasteiger partial charge is 0.330 e. The predicted octanol–water partition coefficient (Wildman–Crippen LogP) is 2.53. The second-order valence-corrected chi connectivity index (χ2v) is 4.15. The fraction of sp³-hybridized carbons (Fsp3) is 0.538. The molecular formula is C13H20F2N2. The van der Waals surface area contributed by atoms with Crippen LogP contribution in [0.25, 0.3) is 0 Å². The molecule has 0 fully saturated rings. The lowest BCUT2D eigenvalue weighted by atomic mass is 10.2. The van der Waals surface area contributed by atoms with E-state index in [1.165, 1.54) is 12.1 Å². The standard InChI is InChI=1S/C13H20F2N2/c1-2-7-17(8-3-6-16)10-11-4-5-12(14)9-13(11)15/h4-5,9H,2-3,6-8,10,16H2,1H3. The first kappa shape index (κ1) is 14.1. The Bertz CT molecular complexity index is 342. The molecule has 0 saturated heterocycles. The molecule has 0 aromatic heterocycles. The van der Waals surface area contributed by atoms with Crippen molar-refractivity contribution in [1.82, 2.24) is 4.90 Å². The molecule has 2 N–H and O–H groups in total. The Morgan fingerprint density at radius 3 is 2.59 bits per heavy atom. The number of halogens is 2. The lowest BCUT2D eigenvalue weighted by Crippen LogP contribution is -2.27. The lowest BCUT2D eigenvalue weighted by molar-refractivity contribution is 0.260. The van der Waals surface area contributed by atoms with Crippen molar-refractivity contribution in [1.29, 1.82) is 0 Å². The van der Waals surface area contributed by atoms with Gasteiger partial charge in [-0.2, -0.15) is 0 Å². The van der Waals surface area contributed by atoms with Crippen molar-refractivity contribution in [3.05, 3.63) is 35.4 Å². The molecule has 0 aliphatic carbocycles. The van der Waals surface area contributed by atoms with E-state index >= 15 is 0 Å². The van der Waals surface area contributed by atoms with Gasteiger partial charge in [-0.1, -0.05) is 13.0 Å². The van der Waals surface area contributed by atoms with Crippen molar-refractivity contribution >= 4 is 0 Å². The van der Waals surface area contributed by atoms with Crippen molar-refractivity contribution in [2.24, 2.45) is 5.73 Å². The Kier molecular flexibility index (Phi) is 6.08. The summed E-state index contributed by atoms with van der Waals surface area (Å²) in [6, 6.07) is 3.74. The van der Waals surface area contributed by atoms with E-state index < -0.39 is 11.6 Å². The highest BCUT2D eigenvalue weighted by molar-refractivity contribution is 5.18. The summed E-state index contributed by atoms with van der Waals surface area (Å²) in [4.78, 5) is 2.14. The molecule has 17 heavy (non-hydrogen) atoms. The quantitative estimate of drug-likeness (QED) is 0.796. The summed E-state index contributed by atoms with van der Waals surface area (Å²) >= 11 is 0. The first-order valence-corrected chi connectivity index (χ1v) is 6.03. The Morgan fingerprint density at radius 1 is 1.24 bits per heavy atom. The summed E-state index contributed by atoms with van der Waals surface area (Å²) in [6.07, 6.45) is 1.90. The summed E-state index contributed by atoms with van der Waals surface area (Å²) in [6.45, 7) is 4.97. The minimum absolute atomic E-state index is 0.473. The van der Waals surface area contributed by atoms with E-state index in [0.717, 1.165) is 32.0 Å². The maximum absolute atomic E-state index is 13.5. The topological polar surface area (TPSA) is 29.3 Å². The van der Waals surface area contributed by atoms with Gasteiger partial charge in [-0.25, -0.2) is 8.78 Å². The number of rotatable bonds is 7. The van der Waals surface area contributed by atoms with Gasteiger partial charge in [-0.15, -0.1) is 0 Å². The molecule has 4 heteroatoms. The first-order chi connectivity index (χ1) is 8.17. The highest BCUT2D eigenvalue weighted by Crippen LogP contribution is 2.12. The summed E-state index contributed by atoms with van der Waals surface area (Å²) in [5.41, 5.74) is 6.00. The van der Waals surface area contributed by atoms with Crippen LogP contribution in [0.1, 0.15) is 25.3 Å². The third-order valence-corrected chi connectivity index (χ3v) is 2.63. The van der Waals surface area contributed by atoms with Crippen LogP contribution in [-0.4, -0.2) is 24.5 Å². The van der Waals surface area contributed by atoms with Gasteiger partial charge in [-0.3, -0.25) is 4.90 Å². The van der Waals surface area contributed by atoms with E-state index in [4.69, 9.17) is 5.73 Å². The van der Waals surface area contributed by atoms with Gasteiger partial charge in [0.25, 0.3) is 0 Å². The molecule has 0 aliphatic rings. The molecule has 0 bridgehead atoms. The van der Waals surface area contributed by atoms with Crippen molar-refractivity contribution in [2.75, 3.05) is 19.6 Å². The molecule has 1 aromatic carbocycles. The van der Waals surface area contributed by atoms with Gasteiger partial charge in [0, 0.05) is 18.2 Å². The van der Waals surface area contributed by atoms with Crippen molar-refractivity contribution in [2.45, 2.75) is 26.3 Å². The van der Waals surface area contributed by atoms with Crippen LogP contribution in [-0.2, 0) is 6.54 Å².